The zero-order valence-electron chi connectivity index (χ0n) is 12.5. The van der Waals surface area contributed by atoms with Gasteiger partial charge in [0.2, 0.25) is 0 Å². The van der Waals surface area contributed by atoms with E-state index in [4.69, 9.17) is 9.47 Å². The summed E-state index contributed by atoms with van der Waals surface area (Å²) in [5.41, 5.74) is 0.721. The lowest BCUT2D eigenvalue weighted by Crippen LogP contribution is -3.16. The van der Waals surface area contributed by atoms with Crippen LogP contribution in [0.25, 0.3) is 0 Å². The zero-order valence-corrected chi connectivity index (χ0v) is 12.5. The van der Waals surface area contributed by atoms with E-state index < -0.39 is 0 Å². The number of ether oxygens (including phenoxy) is 2. The number of carbonyl (C=O) groups is 1. The Morgan fingerprint density at radius 3 is 2.40 bits per heavy atom. The highest BCUT2D eigenvalue weighted by Crippen LogP contribution is 2.12. The summed E-state index contributed by atoms with van der Waals surface area (Å²) in [5, 5.41) is 0. The van der Waals surface area contributed by atoms with Crippen molar-refractivity contribution in [3.8, 4) is 5.75 Å². The van der Waals surface area contributed by atoms with Crippen molar-refractivity contribution in [3.63, 3.8) is 0 Å². The molecule has 0 aromatic heterocycles. The molecule has 0 bridgehead atoms. The van der Waals surface area contributed by atoms with Crippen LogP contribution in [0, 0.1) is 0 Å². The first-order valence-corrected chi connectivity index (χ1v) is 7.27. The molecule has 20 heavy (non-hydrogen) atoms. The number of Topliss-reactive ketones (excluding diaryl/α,β-unsaturated/α-hetero) is 1. The fourth-order valence-electron chi connectivity index (χ4n) is 2.69. The normalized spacial score (nSPS) is 26.2. The van der Waals surface area contributed by atoms with E-state index in [1.165, 1.54) is 4.90 Å². The second-order valence-corrected chi connectivity index (χ2v) is 5.59. The van der Waals surface area contributed by atoms with Crippen LogP contribution < -0.4 is 9.64 Å². The minimum atomic E-state index is 0.0808. The zero-order chi connectivity index (χ0) is 14.5. The van der Waals surface area contributed by atoms with Crippen molar-refractivity contribution in [2.24, 2.45) is 0 Å². The molecule has 110 valence electrons. The number of morpholine rings is 1. The number of hydrogen-bond acceptors (Lipinski definition) is 3. The summed E-state index contributed by atoms with van der Waals surface area (Å²) in [5.74, 6) is 0.904. The van der Waals surface area contributed by atoms with Gasteiger partial charge in [0.05, 0.1) is 0 Å². The molecule has 2 rings (SSSR count). The summed E-state index contributed by atoms with van der Waals surface area (Å²) in [4.78, 5) is 12.7. The van der Waals surface area contributed by atoms with Crippen molar-refractivity contribution in [2.45, 2.75) is 33.0 Å². The number of benzene rings is 1. The van der Waals surface area contributed by atoms with E-state index in [0.717, 1.165) is 30.9 Å². The van der Waals surface area contributed by atoms with Crippen LogP contribution in [0.4, 0.5) is 0 Å². The van der Waals surface area contributed by atoms with Gasteiger partial charge in [-0.2, -0.15) is 0 Å². The van der Waals surface area contributed by atoms with Crippen LogP contribution in [0.3, 0.4) is 0 Å². The third kappa shape index (κ3) is 4.32. The summed E-state index contributed by atoms with van der Waals surface area (Å²) in [6.07, 6.45) is 0.646. The third-order valence-electron chi connectivity index (χ3n) is 3.60. The molecular weight excluding hydrogens is 254 g/mol. The number of hydrogen-bond donors (Lipinski definition) is 1. The van der Waals surface area contributed by atoms with Gasteiger partial charge >= 0.3 is 0 Å². The van der Waals surface area contributed by atoms with Gasteiger partial charge in [0.25, 0.3) is 0 Å². The minimum absolute atomic E-state index is 0.0808. The number of rotatable bonds is 5. The van der Waals surface area contributed by atoms with E-state index in [9.17, 15) is 4.79 Å². The van der Waals surface area contributed by atoms with Crippen LogP contribution >= 0.6 is 0 Å². The molecular formula is C16H24NO3+. The van der Waals surface area contributed by atoms with Gasteiger partial charge in [0, 0.05) is 5.56 Å². The standard InChI is InChI=1S/C16H23NO3/c1-12-10-17(11-13(2)20-12)8-9-19-16-6-4-15(5-7-16)14(3)18/h4-7,12-13H,8-11H2,1-3H3/p+1/t12-,13-/m1/s1. The Morgan fingerprint density at radius 2 is 1.85 bits per heavy atom. The molecule has 1 N–H and O–H groups in total. The average molecular weight is 278 g/mol. The molecule has 0 radical (unpaired) electrons. The number of nitrogens with one attached hydrogen (secondary N) is 1. The predicted octanol–water partition coefficient (Wildman–Crippen LogP) is 0.960. The summed E-state index contributed by atoms with van der Waals surface area (Å²) in [7, 11) is 0. The van der Waals surface area contributed by atoms with Gasteiger partial charge in [-0.25, -0.2) is 0 Å². The molecule has 1 aliphatic heterocycles. The summed E-state index contributed by atoms with van der Waals surface area (Å²) in [6.45, 7) is 9.56. The maximum absolute atomic E-state index is 11.2. The molecule has 1 saturated heterocycles. The Bertz CT molecular complexity index is 434. The predicted molar refractivity (Wildman–Crippen MR) is 77.5 cm³/mol. The Morgan fingerprint density at radius 1 is 1.25 bits per heavy atom. The summed E-state index contributed by atoms with van der Waals surface area (Å²) < 4.78 is 11.5. The third-order valence-corrected chi connectivity index (χ3v) is 3.60. The monoisotopic (exact) mass is 278 g/mol. The summed E-state index contributed by atoms with van der Waals surface area (Å²) >= 11 is 0. The highest BCUT2D eigenvalue weighted by atomic mass is 16.5. The van der Waals surface area contributed by atoms with E-state index in [0.29, 0.717) is 18.8 Å². The molecule has 4 nitrogen and oxygen atoms in total. The van der Waals surface area contributed by atoms with Crippen molar-refractivity contribution in [2.75, 3.05) is 26.2 Å². The van der Waals surface area contributed by atoms with Gasteiger partial charge in [-0.05, 0) is 45.0 Å². The SMILES string of the molecule is CC(=O)c1ccc(OCC[NH+]2C[C@@H](C)O[C@H](C)C2)cc1. The largest absolute Gasteiger partial charge is 0.488 e. The van der Waals surface area contributed by atoms with E-state index >= 15 is 0 Å². The molecule has 1 aromatic rings. The lowest BCUT2D eigenvalue weighted by molar-refractivity contribution is -0.915. The maximum atomic E-state index is 11.2. The van der Waals surface area contributed by atoms with Crippen LogP contribution in [0.1, 0.15) is 31.1 Å². The van der Waals surface area contributed by atoms with Crippen LogP contribution in [-0.4, -0.2) is 44.2 Å². The fourth-order valence-corrected chi connectivity index (χ4v) is 2.69. The van der Waals surface area contributed by atoms with Crippen LogP contribution in [0.2, 0.25) is 0 Å². The van der Waals surface area contributed by atoms with Gasteiger partial charge < -0.3 is 14.4 Å². The second kappa shape index (κ2) is 6.86. The smallest absolute Gasteiger partial charge is 0.159 e. The van der Waals surface area contributed by atoms with Gasteiger partial charge in [0.15, 0.2) is 5.78 Å². The molecule has 4 heteroatoms. The molecule has 0 saturated carbocycles. The lowest BCUT2D eigenvalue weighted by atomic mass is 10.1. The quantitative estimate of drug-likeness (QED) is 0.816. The Labute approximate surface area is 120 Å². The van der Waals surface area contributed by atoms with Gasteiger partial charge in [-0.3, -0.25) is 4.79 Å². The molecule has 1 heterocycles. The molecule has 0 amide bonds. The van der Waals surface area contributed by atoms with Crippen LogP contribution in [-0.2, 0) is 4.74 Å². The highest BCUT2D eigenvalue weighted by Gasteiger charge is 2.25. The van der Waals surface area contributed by atoms with Crippen molar-refractivity contribution < 1.29 is 19.2 Å². The number of carbonyl (C=O) groups excluding carboxylic acids is 1. The molecule has 1 aromatic carbocycles. The Hall–Kier alpha value is -1.39. The molecule has 0 aliphatic carbocycles. The minimum Gasteiger partial charge on any atom is -0.488 e. The van der Waals surface area contributed by atoms with Gasteiger partial charge in [-0.15, -0.1) is 0 Å². The van der Waals surface area contributed by atoms with E-state index in [1.807, 2.05) is 24.3 Å². The molecule has 0 spiro atoms. The van der Waals surface area contributed by atoms with Crippen LogP contribution in [0.5, 0.6) is 5.75 Å². The van der Waals surface area contributed by atoms with Crippen LogP contribution in [0.15, 0.2) is 24.3 Å². The second-order valence-electron chi connectivity index (χ2n) is 5.59. The Balaban J connectivity index is 1.76. The molecule has 0 unspecified atom stereocenters. The maximum Gasteiger partial charge on any atom is 0.159 e. The number of quaternary nitrogens is 1. The molecule has 1 aliphatic rings. The first-order valence-electron chi connectivity index (χ1n) is 7.27. The average Bonchev–Trinajstić information content (AvgIpc) is 2.38. The molecule has 1 fully saturated rings. The first-order chi connectivity index (χ1) is 9.54. The first kappa shape index (κ1) is 15.0. The van der Waals surface area contributed by atoms with Crippen molar-refractivity contribution in [1.82, 2.24) is 0 Å². The van der Waals surface area contributed by atoms with Crippen molar-refractivity contribution in [3.05, 3.63) is 29.8 Å². The van der Waals surface area contributed by atoms with Gasteiger partial charge in [-0.1, -0.05) is 0 Å². The van der Waals surface area contributed by atoms with E-state index in [-0.39, 0.29) is 5.78 Å². The lowest BCUT2D eigenvalue weighted by Gasteiger charge is -2.32. The Kier molecular flexibility index (Phi) is 5.15. The van der Waals surface area contributed by atoms with Gasteiger partial charge in [0.1, 0.15) is 44.2 Å². The fraction of sp³-hybridized carbons (Fsp3) is 0.562. The molecule has 2 atom stereocenters. The van der Waals surface area contributed by atoms with E-state index in [2.05, 4.69) is 13.8 Å². The highest BCUT2D eigenvalue weighted by molar-refractivity contribution is 5.94. The van der Waals surface area contributed by atoms with E-state index in [1.54, 1.807) is 6.92 Å². The topological polar surface area (TPSA) is 40.0 Å². The van der Waals surface area contributed by atoms with Crippen molar-refractivity contribution in [1.29, 1.82) is 0 Å². The van der Waals surface area contributed by atoms with Crippen molar-refractivity contribution >= 4 is 5.78 Å². The summed E-state index contributed by atoms with van der Waals surface area (Å²) in [6, 6.07) is 7.33. The number of ketones is 1.